The van der Waals surface area contributed by atoms with Gasteiger partial charge in [-0.25, -0.2) is 4.39 Å². The lowest BCUT2D eigenvalue weighted by Gasteiger charge is -2.34. The summed E-state index contributed by atoms with van der Waals surface area (Å²) in [6, 6.07) is 8.51. The Morgan fingerprint density at radius 2 is 1.83 bits per heavy atom. The van der Waals surface area contributed by atoms with E-state index < -0.39 is 0 Å². The number of halogens is 1. The number of piperidine rings is 1. The number of nitrogens with one attached hydrogen (secondary N) is 1. The number of rotatable bonds is 5. The van der Waals surface area contributed by atoms with E-state index in [-0.39, 0.29) is 11.7 Å². The van der Waals surface area contributed by atoms with Gasteiger partial charge in [0.25, 0.3) is 0 Å². The van der Waals surface area contributed by atoms with E-state index in [0.717, 1.165) is 29.9 Å². The second-order valence-corrected chi connectivity index (χ2v) is 8.45. The summed E-state index contributed by atoms with van der Waals surface area (Å²) in [6.45, 7) is 10.9. The number of likely N-dealkylation sites (tertiary alicyclic amines) is 1. The average Bonchev–Trinajstić information content (AvgIpc) is 2.86. The van der Waals surface area contributed by atoms with Crippen LogP contribution in [0.5, 0.6) is 0 Å². The molecule has 1 fully saturated rings. The highest BCUT2D eigenvalue weighted by Crippen LogP contribution is 2.28. The van der Waals surface area contributed by atoms with Crippen LogP contribution in [0.15, 0.2) is 24.3 Å². The average molecular weight is 397 g/mol. The molecule has 1 N–H and O–H groups in total. The lowest BCUT2D eigenvalue weighted by atomic mass is 9.92. The molecular weight excluding hydrogens is 367 g/mol. The topological polar surface area (TPSA) is 61.1 Å². The molecule has 1 aliphatic rings. The van der Waals surface area contributed by atoms with E-state index in [1.54, 1.807) is 12.1 Å². The number of benzene rings is 1. The van der Waals surface area contributed by atoms with Gasteiger partial charge >= 0.3 is 0 Å². The van der Waals surface area contributed by atoms with E-state index in [4.69, 9.17) is 0 Å². The summed E-state index contributed by atoms with van der Waals surface area (Å²) in [6.07, 6.45) is 1.19. The molecule has 1 aliphatic heterocycles. The predicted octanol–water partition coefficient (Wildman–Crippen LogP) is 4.08. The molecule has 2 unspecified atom stereocenters. The highest BCUT2D eigenvalue weighted by atomic mass is 19.1. The summed E-state index contributed by atoms with van der Waals surface area (Å²) in [4.78, 5) is 15.0. The van der Waals surface area contributed by atoms with Crippen molar-refractivity contribution in [3.05, 3.63) is 52.5 Å². The smallest absolute Gasteiger partial charge is 0.239 e. The summed E-state index contributed by atoms with van der Waals surface area (Å²) in [5.41, 5.74) is 3.16. The molecule has 6 heteroatoms. The fraction of sp³-hybridized carbons (Fsp3) is 0.478. The molecule has 154 valence electrons. The number of amides is 1. The molecule has 2 heterocycles. The van der Waals surface area contributed by atoms with Crippen molar-refractivity contribution in [2.24, 2.45) is 11.8 Å². The van der Waals surface area contributed by atoms with Crippen molar-refractivity contribution in [1.82, 2.24) is 9.47 Å². The fourth-order valence-corrected chi connectivity index (χ4v) is 4.40. The highest BCUT2D eigenvalue weighted by molar-refractivity contribution is 5.93. The maximum Gasteiger partial charge on any atom is 0.239 e. The maximum absolute atomic E-state index is 13.2. The van der Waals surface area contributed by atoms with Crippen molar-refractivity contribution in [2.45, 2.75) is 40.7 Å². The largest absolute Gasteiger partial charge is 0.326 e. The lowest BCUT2D eigenvalue weighted by molar-refractivity contribution is -0.117. The first-order valence-corrected chi connectivity index (χ1v) is 10.1. The van der Waals surface area contributed by atoms with Crippen LogP contribution in [-0.4, -0.2) is 35.0 Å². The minimum Gasteiger partial charge on any atom is -0.326 e. The first-order valence-electron chi connectivity index (χ1n) is 10.1. The standard InChI is InChI=1S/C23H29FN4O/c1-15-9-16(2)12-27(11-15)14-22(29)26-23-21(10-25)17(3)18(4)28(23)13-19-5-7-20(24)8-6-19/h5-8,15-16H,9,11-14H2,1-4H3,(H,26,29). The Labute approximate surface area is 172 Å². The zero-order valence-electron chi connectivity index (χ0n) is 17.6. The van der Waals surface area contributed by atoms with E-state index in [1.807, 2.05) is 18.4 Å². The van der Waals surface area contributed by atoms with Crippen LogP contribution in [-0.2, 0) is 11.3 Å². The van der Waals surface area contributed by atoms with Gasteiger partial charge in [0.1, 0.15) is 17.7 Å². The Kier molecular flexibility index (Phi) is 6.39. The normalized spacial score (nSPS) is 19.7. The molecule has 0 spiro atoms. The molecule has 1 amide bonds. The second kappa shape index (κ2) is 8.79. The van der Waals surface area contributed by atoms with Crippen molar-refractivity contribution >= 4 is 11.7 Å². The molecule has 0 bridgehead atoms. The second-order valence-electron chi connectivity index (χ2n) is 8.45. The van der Waals surface area contributed by atoms with Gasteiger partial charge in [-0.15, -0.1) is 0 Å². The number of hydrogen-bond acceptors (Lipinski definition) is 3. The van der Waals surface area contributed by atoms with Gasteiger partial charge in [-0.1, -0.05) is 26.0 Å². The summed E-state index contributed by atoms with van der Waals surface area (Å²) >= 11 is 0. The fourth-order valence-electron chi connectivity index (χ4n) is 4.40. The number of anilines is 1. The molecule has 0 saturated carbocycles. The monoisotopic (exact) mass is 396 g/mol. The molecule has 3 rings (SSSR count). The van der Waals surface area contributed by atoms with Gasteiger partial charge in [0.05, 0.1) is 12.1 Å². The Morgan fingerprint density at radius 1 is 1.21 bits per heavy atom. The first kappa shape index (κ1) is 21.1. The number of nitrogens with zero attached hydrogens (tertiary/aromatic N) is 3. The van der Waals surface area contributed by atoms with Crippen LogP contribution in [0, 0.1) is 42.8 Å². The SMILES string of the molecule is Cc1c(C#N)c(NC(=O)CN2CC(C)CC(C)C2)n(Cc2ccc(F)cc2)c1C. The summed E-state index contributed by atoms with van der Waals surface area (Å²) in [7, 11) is 0. The predicted molar refractivity (Wildman–Crippen MR) is 112 cm³/mol. The van der Waals surface area contributed by atoms with Crippen molar-refractivity contribution in [2.75, 3.05) is 25.0 Å². The van der Waals surface area contributed by atoms with Gasteiger partial charge < -0.3 is 9.88 Å². The zero-order chi connectivity index (χ0) is 21.1. The highest BCUT2D eigenvalue weighted by Gasteiger charge is 2.25. The number of hydrogen-bond donors (Lipinski definition) is 1. The van der Waals surface area contributed by atoms with Crippen LogP contribution in [0.25, 0.3) is 0 Å². The van der Waals surface area contributed by atoms with Crippen LogP contribution in [0.3, 0.4) is 0 Å². The zero-order valence-corrected chi connectivity index (χ0v) is 17.6. The summed E-state index contributed by atoms with van der Waals surface area (Å²) in [5, 5.41) is 12.7. The molecule has 2 aromatic rings. The molecule has 29 heavy (non-hydrogen) atoms. The Balaban J connectivity index is 1.82. The molecule has 2 atom stereocenters. The maximum atomic E-state index is 13.2. The third-order valence-corrected chi connectivity index (χ3v) is 5.76. The van der Waals surface area contributed by atoms with Crippen LogP contribution in [0.1, 0.15) is 42.7 Å². The van der Waals surface area contributed by atoms with Gasteiger partial charge in [0.2, 0.25) is 5.91 Å². The molecule has 1 aromatic carbocycles. The quantitative estimate of drug-likeness (QED) is 0.828. The molecule has 1 aromatic heterocycles. The third kappa shape index (κ3) is 4.86. The van der Waals surface area contributed by atoms with E-state index in [1.165, 1.54) is 18.6 Å². The Morgan fingerprint density at radius 3 is 2.41 bits per heavy atom. The number of aromatic nitrogens is 1. The molecular formula is C23H29FN4O. The van der Waals surface area contributed by atoms with E-state index in [9.17, 15) is 14.4 Å². The van der Waals surface area contributed by atoms with Crippen molar-refractivity contribution < 1.29 is 9.18 Å². The molecule has 1 saturated heterocycles. The van der Waals surface area contributed by atoms with Crippen LogP contribution >= 0.6 is 0 Å². The van der Waals surface area contributed by atoms with Crippen LogP contribution in [0.2, 0.25) is 0 Å². The van der Waals surface area contributed by atoms with Gasteiger partial charge in [0, 0.05) is 25.3 Å². The number of carbonyl (C=O) groups excluding carboxylic acids is 1. The first-order chi connectivity index (χ1) is 13.8. The van der Waals surface area contributed by atoms with Gasteiger partial charge in [-0.2, -0.15) is 5.26 Å². The lowest BCUT2D eigenvalue weighted by Crippen LogP contribution is -2.43. The van der Waals surface area contributed by atoms with E-state index in [2.05, 4.69) is 30.1 Å². The minimum absolute atomic E-state index is 0.111. The minimum atomic E-state index is -0.287. The molecule has 0 aliphatic carbocycles. The Bertz CT molecular complexity index is 916. The van der Waals surface area contributed by atoms with Crippen molar-refractivity contribution in [3.63, 3.8) is 0 Å². The van der Waals surface area contributed by atoms with Crippen LogP contribution in [0.4, 0.5) is 10.2 Å². The van der Waals surface area contributed by atoms with Crippen LogP contribution < -0.4 is 5.32 Å². The van der Waals surface area contributed by atoms with Crippen molar-refractivity contribution in [3.8, 4) is 6.07 Å². The van der Waals surface area contributed by atoms with Gasteiger partial charge in [-0.05, 0) is 55.4 Å². The van der Waals surface area contributed by atoms with E-state index >= 15 is 0 Å². The summed E-state index contributed by atoms with van der Waals surface area (Å²) < 4.78 is 15.2. The third-order valence-electron chi connectivity index (χ3n) is 5.76. The Hall–Kier alpha value is -2.65. The van der Waals surface area contributed by atoms with Gasteiger partial charge in [0.15, 0.2) is 0 Å². The molecule has 5 nitrogen and oxygen atoms in total. The van der Waals surface area contributed by atoms with Crippen molar-refractivity contribution in [1.29, 1.82) is 5.26 Å². The molecule has 0 radical (unpaired) electrons. The van der Waals surface area contributed by atoms with E-state index in [0.29, 0.717) is 36.3 Å². The number of nitriles is 1. The number of carbonyl (C=O) groups is 1. The summed E-state index contributed by atoms with van der Waals surface area (Å²) in [5.74, 6) is 1.28. The van der Waals surface area contributed by atoms with Gasteiger partial charge in [-0.3, -0.25) is 9.69 Å².